The van der Waals surface area contributed by atoms with E-state index in [-0.39, 0.29) is 42.6 Å². The van der Waals surface area contributed by atoms with Crippen molar-refractivity contribution < 1.29 is 19.4 Å². The molecule has 8 nitrogen and oxygen atoms in total. The molecule has 208 valence electrons. The Morgan fingerprint density at radius 2 is 1.79 bits per heavy atom. The number of anilines is 1. The third-order valence-corrected chi connectivity index (χ3v) is 9.37. The van der Waals surface area contributed by atoms with Gasteiger partial charge in [0.2, 0.25) is 0 Å². The minimum absolute atomic E-state index is 0.0588. The van der Waals surface area contributed by atoms with Crippen molar-refractivity contribution in [2.75, 3.05) is 38.2 Å². The average Bonchev–Trinajstić information content (AvgIpc) is 3.16. The molecule has 4 atom stereocenters. The molecule has 2 saturated heterocycles. The summed E-state index contributed by atoms with van der Waals surface area (Å²) >= 11 is 0. The van der Waals surface area contributed by atoms with E-state index in [0.717, 1.165) is 50.9 Å². The highest BCUT2D eigenvalue weighted by atomic mass is 16.5. The largest absolute Gasteiger partial charge is 0.390 e. The number of carbonyl (C=O) groups is 2. The number of carbonyl (C=O) groups excluding carboxylic acids is 2. The molecule has 4 heterocycles. The zero-order valence-corrected chi connectivity index (χ0v) is 23.0. The molecule has 39 heavy (non-hydrogen) atoms. The number of amides is 2. The Labute approximate surface area is 230 Å². The number of aliphatic hydroxyl groups excluding tert-OH is 1. The number of ether oxygens (including phenoxy) is 1. The molecule has 0 aliphatic carbocycles. The first-order valence-electron chi connectivity index (χ1n) is 14.5. The highest BCUT2D eigenvalue weighted by Crippen LogP contribution is 2.38. The van der Waals surface area contributed by atoms with Crippen LogP contribution in [-0.4, -0.2) is 90.3 Å². The second kappa shape index (κ2) is 10.9. The van der Waals surface area contributed by atoms with Gasteiger partial charge in [0.25, 0.3) is 11.8 Å². The van der Waals surface area contributed by atoms with Gasteiger partial charge in [-0.05, 0) is 68.4 Å². The second-order valence-corrected chi connectivity index (χ2v) is 11.5. The average molecular weight is 533 g/mol. The Kier molecular flexibility index (Phi) is 7.35. The van der Waals surface area contributed by atoms with Crippen molar-refractivity contribution in [3.63, 3.8) is 0 Å². The number of piperidine rings is 1. The Morgan fingerprint density at radius 3 is 2.51 bits per heavy atom. The summed E-state index contributed by atoms with van der Waals surface area (Å²) in [6, 6.07) is 14.2. The van der Waals surface area contributed by atoms with Gasteiger partial charge >= 0.3 is 0 Å². The Morgan fingerprint density at radius 1 is 1.08 bits per heavy atom. The van der Waals surface area contributed by atoms with E-state index >= 15 is 0 Å². The Bertz CT molecular complexity index is 1220. The first kappa shape index (κ1) is 26.3. The lowest BCUT2D eigenvalue weighted by molar-refractivity contribution is 0.00821. The van der Waals surface area contributed by atoms with Crippen molar-refractivity contribution >= 4 is 17.5 Å². The number of hydrogen-bond donors (Lipinski definition) is 2. The Balaban J connectivity index is 1.19. The maximum Gasteiger partial charge on any atom is 0.256 e. The fourth-order valence-electron chi connectivity index (χ4n) is 7.15. The van der Waals surface area contributed by atoms with Crippen molar-refractivity contribution in [2.24, 2.45) is 0 Å². The van der Waals surface area contributed by atoms with Crippen molar-refractivity contribution in [1.29, 1.82) is 0 Å². The van der Waals surface area contributed by atoms with E-state index in [9.17, 15) is 14.7 Å². The lowest BCUT2D eigenvalue weighted by Crippen LogP contribution is -2.50. The quantitative estimate of drug-likeness (QED) is 0.595. The van der Waals surface area contributed by atoms with Gasteiger partial charge in [-0.25, -0.2) is 0 Å². The summed E-state index contributed by atoms with van der Waals surface area (Å²) in [5, 5.41) is 14.6. The molecule has 0 saturated carbocycles. The molecule has 2 amide bonds. The lowest BCUT2D eigenvalue weighted by Gasteiger charge is -2.38. The molecule has 2 N–H and O–H groups in total. The number of methoxy groups -OCH3 is 1. The third kappa shape index (κ3) is 4.94. The summed E-state index contributed by atoms with van der Waals surface area (Å²) < 4.78 is 5.62. The van der Waals surface area contributed by atoms with Crippen LogP contribution in [0, 0.1) is 0 Å². The van der Waals surface area contributed by atoms with Gasteiger partial charge in [0.05, 0.1) is 23.5 Å². The van der Waals surface area contributed by atoms with Crippen LogP contribution in [0.3, 0.4) is 0 Å². The summed E-state index contributed by atoms with van der Waals surface area (Å²) in [4.78, 5) is 33.5. The van der Waals surface area contributed by atoms with E-state index in [2.05, 4.69) is 34.2 Å². The maximum atomic E-state index is 13.7. The summed E-state index contributed by atoms with van der Waals surface area (Å²) in [5.41, 5.74) is 4.57. The van der Waals surface area contributed by atoms with Crippen molar-refractivity contribution in [2.45, 2.75) is 75.9 Å². The second-order valence-electron chi connectivity index (χ2n) is 11.5. The van der Waals surface area contributed by atoms with Gasteiger partial charge < -0.3 is 29.9 Å². The predicted molar refractivity (Wildman–Crippen MR) is 150 cm³/mol. The van der Waals surface area contributed by atoms with Gasteiger partial charge in [0, 0.05) is 63.5 Å². The molecule has 6 rings (SSSR count). The molecular formula is C31H40N4O4. The van der Waals surface area contributed by atoms with Crippen LogP contribution in [0.15, 0.2) is 42.5 Å². The van der Waals surface area contributed by atoms with Crippen molar-refractivity contribution in [1.82, 2.24) is 15.1 Å². The molecule has 0 aromatic heterocycles. The van der Waals surface area contributed by atoms with Crippen LogP contribution in [0.25, 0.3) is 0 Å². The van der Waals surface area contributed by atoms with Gasteiger partial charge in [-0.2, -0.15) is 0 Å². The number of likely N-dealkylation sites (N-methyl/N-ethyl adjacent to an activating group) is 1. The molecular weight excluding hydrogens is 492 g/mol. The minimum Gasteiger partial charge on any atom is -0.390 e. The van der Waals surface area contributed by atoms with Crippen LogP contribution in [-0.2, 0) is 17.7 Å². The SMILES string of the molecule is CCN1CCN(C[C@@H](O)[C@@H]2Cc3ccccc3CN2)C(=O)c2ccc(C(=O)N3C4CCC3CC(OC)C4)cc21. The maximum absolute atomic E-state index is 13.7. The number of benzene rings is 2. The molecule has 8 heteroatoms. The smallest absolute Gasteiger partial charge is 0.256 e. The van der Waals surface area contributed by atoms with E-state index in [0.29, 0.717) is 24.2 Å². The summed E-state index contributed by atoms with van der Waals surface area (Å²) in [6.07, 6.45) is 4.13. The lowest BCUT2D eigenvalue weighted by atomic mass is 9.92. The summed E-state index contributed by atoms with van der Waals surface area (Å²) in [5.74, 6) is -0.0280. The monoisotopic (exact) mass is 532 g/mol. The molecule has 2 aromatic rings. The number of β-amino-alcohol motifs (C(OH)–C–C–N with tert-alkyl or cyclic N) is 1. The molecule has 2 unspecified atom stereocenters. The van der Waals surface area contributed by atoms with Gasteiger partial charge in [-0.3, -0.25) is 9.59 Å². The highest BCUT2D eigenvalue weighted by Gasteiger charge is 2.44. The minimum atomic E-state index is -0.676. The molecule has 0 radical (unpaired) electrons. The number of aliphatic hydroxyl groups is 1. The number of hydrogen-bond acceptors (Lipinski definition) is 6. The van der Waals surface area contributed by atoms with E-state index < -0.39 is 6.10 Å². The molecule has 2 fully saturated rings. The van der Waals surface area contributed by atoms with Crippen LogP contribution in [0.2, 0.25) is 0 Å². The van der Waals surface area contributed by atoms with Crippen molar-refractivity contribution in [3.05, 3.63) is 64.7 Å². The van der Waals surface area contributed by atoms with E-state index in [1.165, 1.54) is 11.1 Å². The topological polar surface area (TPSA) is 85.3 Å². The normalized spacial score (nSPS) is 27.2. The molecule has 0 spiro atoms. The summed E-state index contributed by atoms with van der Waals surface area (Å²) in [7, 11) is 1.76. The zero-order chi connectivity index (χ0) is 27.1. The van der Waals surface area contributed by atoms with Crippen LogP contribution in [0.5, 0.6) is 0 Å². The van der Waals surface area contributed by atoms with Crippen LogP contribution in [0.4, 0.5) is 5.69 Å². The van der Waals surface area contributed by atoms with Gasteiger partial charge in [-0.1, -0.05) is 24.3 Å². The van der Waals surface area contributed by atoms with Crippen molar-refractivity contribution in [3.8, 4) is 0 Å². The number of nitrogens with one attached hydrogen (secondary N) is 1. The number of rotatable bonds is 6. The fraction of sp³-hybridized carbons (Fsp3) is 0.548. The molecule has 2 aromatic carbocycles. The fourth-order valence-corrected chi connectivity index (χ4v) is 7.15. The van der Waals surface area contributed by atoms with E-state index in [4.69, 9.17) is 4.74 Å². The first-order chi connectivity index (χ1) is 19.0. The van der Waals surface area contributed by atoms with E-state index in [1.807, 2.05) is 30.3 Å². The zero-order valence-electron chi connectivity index (χ0n) is 23.0. The van der Waals surface area contributed by atoms with Crippen LogP contribution < -0.4 is 10.2 Å². The molecule has 2 bridgehead atoms. The van der Waals surface area contributed by atoms with Gasteiger partial charge in [0.1, 0.15) is 0 Å². The van der Waals surface area contributed by atoms with Crippen LogP contribution in [0.1, 0.15) is 64.4 Å². The first-order valence-corrected chi connectivity index (χ1v) is 14.5. The molecule has 4 aliphatic rings. The van der Waals surface area contributed by atoms with E-state index in [1.54, 1.807) is 12.0 Å². The standard InChI is InChI=1S/C31H40N4O4/c1-3-33-12-13-34(19-29(36)27-14-20-6-4-5-7-22(20)18-32-27)31(38)26-11-8-21(15-28(26)33)30(37)35-23-9-10-24(35)17-25(16-23)39-2/h4-8,11,15,23-25,27,29,32,36H,3,9-10,12-14,16-19H2,1-2H3/t23?,24?,25?,27-,29+/m0/s1. The third-order valence-electron chi connectivity index (χ3n) is 9.37. The molecule has 4 aliphatic heterocycles. The summed E-state index contributed by atoms with van der Waals surface area (Å²) in [6.45, 7) is 4.99. The number of nitrogens with zero attached hydrogens (tertiary/aromatic N) is 3. The van der Waals surface area contributed by atoms with Crippen LogP contribution >= 0.6 is 0 Å². The highest BCUT2D eigenvalue weighted by molar-refractivity contribution is 6.03. The van der Waals surface area contributed by atoms with Gasteiger partial charge in [-0.15, -0.1) is 0 Å². The Hall–Kier alpha value is -2.94. The number of fused-ring (bicyclic) bond motifs is 4. The predicted octanol–water partition coefficient (Wildman–Crippen LogP) is 2.83. The van der Waals surface area contributed by atoms with Gasteiger partial charge in [0.15, 0.2) is 0 Å².